The molecule has 1 aromatic heterocycles. The molecular weight excluding hydrogens is 278 g/mol. The molecule has 1 aromatic carbocycles. The van der Waals surface area contributed by atoms with Gasteiger partial charge in [-0.05, 0) is 36.8 Å². The summed E-state index contributed by atoms with van der Waals surface area (Å²) >= 11 is 1.66. The van der Waals surface area contributed by atoms with Gasteiger partial charge in [0.25, 0.3) is 5.91 Å². The molecule has 0 aliphatic carbocycles. The van der Waals surface area contributed by atoms with Crippen molar-refractivity contribution in [2.24, 2.45) is 0 Å². The number of benzene rings is 1. The SMILES string of the molecule is CCCCN(CC)C(=O)c1sc2ccccc2c1CCC. The number of unbranched alkanes of at least 4 members (excludes halogenated alkanes) is 1. The van der Waals surface area contributed by atoms with E-state index in [1.54, 1.807) is 11.3 Å². The molecule has 0 aliphatic heterocycles. The second kappa shape index (κ2) is 7.60. The smallest absolute Gasteiger partial charge is 0.264 e. The van der Waals surface area contributed by atoms with E-state index in [-0.39, 0.29) is 5.91 Å². The lowest BCUT2D eigenvalue weighted by atomic mass is 10.1. The van der Waals surface area contributed by atoms with Crippen LogP contribution in [0.15, 0.2) is 24.3 Å². The first kappa shape index (κ1) is 16.0. The average molecular weight is 303 g/mol. The molecule has 0 saturated heterocycles. The molecule has 0 unspecified atom stereocenters. The van der Waals surface area contributed by atoms with Gasteiger partial charge in [-0.25, -0.2) is 0 Å². The fourth-order valence-electron chi connectivity index (χ4n) is 2.67. The molecule has 114 valence electrons. The van der Waals surface area contributed by atoms with E-state index in [9.17, 15) is 4.79 Å². The lowest BCUT2D eigenvalue weighted by Gasteiger charge is -2.20. The zero-order valence-corrected chi connectivity index (χ0v) is 14.1. The minimum Gasteiger partial charge on any atom is -0.338 e. The summed E-state index contributed by atoms with van der Waals surface area (Å²) in [5, 5.41) is 1.26. The number of fused-ring (bicyclic) bond motifs is 1. The zero-order valence-electron chi connectivity index (χ0n) is 13.3. The van der Waals surface area contributed by atoms with Gasteiger partial charge < -0.3 is 4.90 Å². The summed E-state index contributed by atoms with van der Waals surface area (Å²) in [5.74, 6) is 0.218. The molecule has 2 nitrogen and oxygen atoms in total. The van der Waals surface area contributed by atoms with Crippen LogP contribution in [-0.2, 0) is 6.42 Å². The lowest BCUT2D eigenvalue weighted by molar-refractivity contribution is 0.0766. The van der Waals surface area contributed by atoms with E-state index in [0.717, 1.165) is 43.6 Å². The van der Waals surface area contributed by atoms with Gasteiger partial charge in [0.2, 0.25) is 0 Å². The van der Waals surface area contributed by atoms with Crippen molar-refractivity contribution < 1.29 is 4.79 Å². The predicted molar refractivity (Wildman–Crippen MR) is 92.3 cm³/mol. The fourth-order valence-corrected chi connectivity index (χ4v) is 3.88. The number of amides is 1. The van der Waals surface area contributed by atoms with Gasteiger partial charge in [-0.1, -0.05) is 44.9 Å². The molecule has 0 fully saturated rings. The van der Waals surface area contributed by atoms with Gasteiger partial charge in [0, 0.05) is 17.8 Å². The molecule has 2 rings (SSSR count). The minimum atomic E-state index is 0.218. The molecule has 0 atom stereocenters. The first-order valence-electron chi connectivity index (χ1n) is 8.02. The molecule has 0 radical (unpaired) electrons. The van der Waals surface area contributed by atoms with E-state index >= 15 is 0 Å². The van der Waals surface area contributed by atoms with E-state index in [0.29, 0.717) is 0 Å². The molecule has 2 aromatic rings. The number of carbonyl (C=O) groups is 1. The standard InChI is InChI=1S/C18H25NOS/c1-4-7-13-19(6-3)18(20)17-15(10-5-2)14-11-8-9-12-16(14)21-17/h8-9,11-12H,4-7,10,13H2,1-3H3. The van der Waals surface area contributed by atoms with E-state index in [2.05, 4.69) is 45.0 Å². The molecule has 21 heavy (non-hydrogen) atoms. The summed E-state index contributed by atoms with van der Waals surface area (Å²) in [6.45, 7) is 8.07. The number of aryl methyl sites for hydroxylation is 1. The molecule has 1 heterocycles. The maximum absolute atomic E-state index is 12.9. The molecule has 1 amide bonds. The summed E-state index contributed by atoms with van der Waals surface area (Å²) in [6, 6.07) is 8.39. The van der Waals surface area contributed by atoms with Gasteiger partial charge in [-0.3, -0.25) is 4.79 Å². The number of thiophene rings is 1. The molecule has 0 aliphatic rings. The number of carbonyl (C=O) groups excluding carboxylic acids is 1. The van der Waals surface area contributed by atoms with Crippen molar-refractivity contribution >= 4 is 27.3 Å². The first-order valence-corrected chi connectivity index (χ1v) is 8.84. The molecule has 0 saturated carbocycles. The van der Waals surface area contributed by atoms with Crippen LogP contribution in [0.25, 0.3) is 10.1 Å². The molecule has 0 spiro atoms. The number of hydrogen-bond acceptors (Lipinski definition) is 2. The fraction of sp³-hybridized carbons (Fsp3) is 0.500. The first-order chi connectivity index (χ1) is 10.2. The Hall–Kier alpha value is -1.35. The maximum atomic E-state index is 12.9. The lowest BCUT2D eigenvalue weighted by Crippen LogP contribution is -2.31. The van der Waals surface area contributed by atoms with Crippen LogP contribution in [0.5, 0.6) is 0 Å². The van der Waals surface area contributed by atoms with Crippen molar-refractivity contribution in [3.05, 3.63) is 34.7 Å². The van der Waals surface area contributed by atoms with Crippen molar-refractivity contribution in [3.8, 4) is 0 Å². The minimum absolute atomic E-state index is 0.218. The number of rotatable bonds is 7. The van der Waals surface area contributed by atoms with Crippen molar-refractivity contribution in [2.45, 2.75) is 46.5 Å². The molecule has 3 heteroatoms. The third-order valence-corrected chi connectivity index (χ3v) is 5.04. The highest BCUT2D eigenvalue weighted by Gasteiger charge is 2.21. The number of nitrogens with zero attached hydrogens (tertiary/aromatic N) is 1. The quantitative estimate of drug-likeness (QED) is 0.695. The van der Waals surface area contributed by atoms with Crippen LogP contribution in [0, 0.1) is 0 Å². The Morgan fingerprint density at radius 3 is 2.57 bits per heavy atom. The van der Waals surface area contributed by atoms with Crippen LogP contribution in [0.2, 0.25) is 0 Å². The van der Waals surface area contributed by atoms with Crippen LogP contribution in [-0.4, -0.2) is 23.9 Å². The van der Waals surface area contributed by atoms with Crippen LogP contribution >= 0.6 is 11.3 Å². The van der Waals surface area contributed by atoms with Crippen LogP contribution < -0.4 is 0 Å². The van der Waals surface area contributed by atoms with Gasteiger partial charge in [-0.2, -0.15) is 0 Å². The summed E-state index contributed by atoms with van der Waals surface area (Å²) < 4.78 is 1.23. The van der Waals surface area contributed by atoms with Gasteiger partial charge in [0.05, 0.1) is 4.88 Å². The molecule has 0 N–H and O–H groups in total. The monoisotopic (exact) mass is 303 g/mol. The van der Waals surface area contributed by atoms with Gasteiger partial charge in [0.1, 0.15) is 0 Å². The molecular formula is C18H25NOS. The predicted octanol–water partition coefficient (Wildman–Crippen LogP) is 5.12. The Kier molecular flexibility index (Phi) is 5.80. The van der Waals surface area contributed by atoms with Crippen molar-refractivity contribution in [2.75, 3.05) is 13.1 Å². The number of hydrogen-bond donors (Lipinski definition) is 0. The summed E-state index contributed by atoms with van der Waals surface area (Å²) in [7, 11) is 0. The third-order valence-electron chi connectivity index (χ3n) is 3.84. The summed E-state index contributed by atoms with van der Waals surface area (Å²) in [5.41, 5.74) is 1.25. The topological polar surface area (TPSA) is 20.3 Å². The van der Waals surface area contributed by atoms with Crippen molar-refractivity contribution in [3.63, 3.8) is 0 Å². The third kappa shape index (κ3) is 3.46. The Bertz CT molecular complexity index is 602. The largest absolute Gasteiger partial charge is 0.338 e. The van der Waals surface area contributed by atoms with Crippen LogP contribution in [0.1, 0.15) is 55.3 Å². The van der Waals surface area contributed by atoms with E-state index < -0.39 is 0 Å². The summed E-state index contributed by atoms with van der Waals surface area (Å²) in [4.78, 5) is 15.8. The van der Waals surface area contributed by atoms with Crippen LogP contribution in [0.4, 0.5) is 0 Å². The summed E-state index contributed by atoms with van der Waals surface area (Å²) in [6.07, 6.45) is 4.25. The maximum Gasteiger partial charge on any atom is 0.264 e. The Balaban J connectivity index is 2.39. The highest BCUT2D eigenvalue weighted by Crippen LogP contribution is 2.33. The highest BCUT2D eigenvalue weighted by atomic mass is 32.1. The van der Waals surface area contributed by atoms with Gasteiger partial charge in [0.15, 0.2) is 0 Å². The highest BCUT2D eigenvalue weighted by molar-refractivity contribution is 7.21. The second-order valence-corrected chi connectivity index (χ2v) is 6.45. The van der Waals surface area contributed by atoms with Crippen molar-refractivity contribution in [1.82, 2.24) is 4.90 Å². The van der Waals surface area contributed by atoms with Gasteiger partial charge >= 0.3 is 0 Å². The second-order valence-electron chi connectivity index (χ2n) is 5.39. The van der Waals surface area contributed by atoms with Crippen molar-refractivity contribution in [1.29, 1.82) is 0 Å². The Morgan fingerprint density at radius 1 is 1.14 bits per heavy atom. The molecule has 0 bridgehead atoms. The normalized spacial score (nSPS) is 11.0. The van der Waals surface area contributed by atoms with E-state index in [1.807, 2.05) is 4.90 Å². The Labute approximate surface area is 131 Å². The van der Waals surface area contributed by atoms with E-state index in [1.165, 1.54) is 15.6 Å². The van der Waals surface area contributed by atoms with Crippen LogP contribution in [0.3, 0.4) is 0 Å². The van der Waals surface area contributed by atoms with E-state index in [4.69, 9.17) is 0 Å². The zero-order chi connectivity index (χ0) is 15.2. The van der Waals surface area contributed by atoms with Gasteiger partial charge in [-0.15, -0.1) is 11.3 Å². The Morgan fingerprint density at radius 2 is 1.90 bits per heavy atom. The average Bonchev–Trinajstić information content (AvgIpc) is 2.87.